The summed E-state index contributed by atoms with van der Waals surface area (Å²) in [7, 11) is 0. The van der Waals surface area contributed by atoms with E-state index in [0.29, 0.717) is 5.92 Å². The standard InChI is InChI=1S/C17H28N2O/c1-5-7-14(3)8-9-15(4)12-16(6-2)19-11-10-17(20)13-18/h10-11,14-15H,5-9,12H2,1-4H3/b11-10-,19-16?. The maximum Gasteiger partial charge on any atom is 0.256 e. The average Bonchev–Trinajstić information content (AvgIpc) is 2.44. The van der Waals surface area contributed by atoms with Gasteiger partial charge in [0.25, 0.3) is 5.78 Å². The molecule has 3 heteroatoms. The molecule has 112 valence electrons. The smallest absolute Gasteiger partial charge is 0.256 e. The molecule has 0 fully saturated rings. The maximum atomic E-state index is 10.8. The normalized spacial score (nSPS) is 15.1. The zero-order chi connectivity index (χ0) is 15.4. The Morgan fingerprint density at radius 3 is 2.40 bits per heavy atom. The highest BCUT2D eigenvalue weighted by atomic mass is 16.1. The first-order valence-electron chi connectivity index (χ1n) is 7.69. The second-order valence-electron chi connectivity index (χ2n) is 5.62. The molecule has 0 radical (unpaired) electrons. The Morgan fingerprint density at radius 1 is 1.20 bits per heavy atom. The lowest BCUT2D eigenvalue weighted by Crippen LogP contribution is -2.06. The Bertz CT molecular complexity index is 377. The number of aliphatic imine (C=N–C) groups is 1. The Kier molecular flexibility index (Phi) is 10.6. The molecule has 0 N–H and O–H groups in total. The van der Waals surface area contributed by atoms with Crippen LogP contribution in [-0.2, 0) is 4.79 Å². The summed E-state index contributed by atoms with van der Waals surface area (Å²) in [5.74, 6) is 0.872. The van der Waals surface area contributed by atoms with Crippen molar-refractivity contribution in [1.29, 1.82) is 5.26 Å². The van der Waals surface area contributed by atoms with E-state index in [1.165, 1.54) is 38.0 Å². The number of hydrogen-bond donors (Lipinski definition) is 0. The predicted octanol–water partition coefficient (Wildman–Crippen LogP) is 4.69. The first kappa shape index (κ1) is 18.6. The molecule has 0 aromatic carbocycles. The molecule has 0 saturated heterocycles. The van der Waals surface area contributed by atoms with Gasteiger partial charge in [-0.05, 0) is 24.7 Å². The molecule has 0 amide bonds. The largest absolute Gasteiger partial charge is 0.278 e. The monoisotopic (exact) mass is 276 g/mol. The molecule has 0 rings (SSSR count). The molecule has 0 aromatic rings. The minimum absolute atomic E-state index is 0.550. The molecule has 0 aliphatic carbocycles. The van der Waals surface area contributed by atoms with Gasteiger partial charge in [-0.15, -0.1) is 0 Å². The zero-order valence-corrected chi connectivity index (χ0v) is 13.4. The van der Waals surface area contributed by atoms with Gasteiger partial charge in [-0.25, -0.2) is 0 Å². The summed E-state index contributed by atoms with van der Waals surface area (Å²) < 4.78 is 0. The summed E-state index contributed by atoms with van der Waals surface area (Å²) in [4.78, 5) is 15.1. The molecular formula is C17H28N2O. The van der Waals surface area contributed by atoms with E-state index in [1.807, 2.05) is 0 Å². The van der Waals surface area contributed by atoms with Crippen molar-refractivity contribution >= 4 is 11.5 Å². The van der Waals surface area contributed by atoms with Crippen LogP contribution in [0.25, 0.3) is 0 Å². The number of hydrogen-bond acceptors (Lipinski definition) is 3. The lowest BCUT2D eigenvalue weighted by atomic mass is 9.91. The molecular weight excluding hydrogens is 248 g/mol. The summed E-state index contributed by atoms with van der Waals surface area (Å²) in [6.45, 7) is 8.89. The summed E-state index contributed by atoms with van der Waals surface area (Å²) in [5, 5.41) is 8.37. The topological polar surface area (TPSA) is 53.2 Å². The van der Waals surface area contributed by atoms with Crippen molar-refractivity contribution in [3.63, 3.8) is 0 Å². The molecule has 0 aliphatic rings. The van der Waals surface area contributed by atoms with Crippen LogP contribution < -0.4 is 0 Å². The van der Waals surface area contributed by atoms with Crippen LogP contribution in [0.1, 0.15) is 66.2 Å². The van der Waals surface area contributed by atoms with Crippen molar-refractivity contribution in [1.82, 2.24) is 0 Å². The van der Waals surface area contributed by atoms with Crippen molar-refractivity contribution in [2.24, 2.45) is 16.8 Å². The van der Waals surface area contributed by atoms with Crippen molar-refractivity contribution in [3.05, 3.63) is 12.3 Å². The van der Waals surface area contributed by atoms with Crippen molar-refractivity contribution in [3.8, 4) is 6.07 Å². The Morgan fingerprint density at radius 2 is 1.85 bits per heavy atom. The number of carbonyl (C=O) groups is 1. The summed E-state index contributed by atoms with van der Waals surface area (Å²) in [6.07, 6.45) is 9.60. The van der Waals surface area contributed by atoms with E-state index < -0.39 is 5.78 Å². The van der Waals surface area contributed by atoms with Crippen LogP contribution in [0.4, 0.5) is 0 Å². The Labute approximate surface area is 123 Å². The molecule has 0 bridgehead atoms. The fraction of sp³-hybridized carbons (Fsp3) is 0.706. The lowest BCUT2D eigenvalue weighted by Gasteiger charge is -2.15. The Hall–Kier alpha value is -1.43. The van der Waals surface area contributed by atoms with Crippen LogP contribution in [0.3, 0.4) is 0 Å². The van der Waals surface area contributed by atoms with Crippen LogP contribution in [0.2, 0.25) is 0 Å². The van der Waals surface area contributed by atoms with Crippen LogP contribution in [0, 0.1) is 23.2 Å². The molecule has 2 atom stereocenters. The van der Waals surface area contributed by atoms with Gasteiger partial charge < -0.3 is 0 Å². The van der Waals surface area contributed by atoms with E-state index in [4.69, 9.17) is 5.26 Å². The van der Waals surface area contributed by atoms with E-state index in [9.17, 15) is 4.79 Å². The van der Waals surface area contributed by atoms with Crippen LogP contribution in [0.15, 0.2) is 17.3 Å². The first-order chi connectivity index (χ1) is 9.53. The number of rotatable bonds is 10. The second-order valence-corrected chi connectivity index (χ2v) is 5.62. The van der Waals surface area contributed by atoms with E-state index >= 15 is 0 Å². The average molecular weight is 276 g/mol. The summed E-state index contributed by atoms with van der Waals surface area (Å²) >= 11 is 0. The fourth-order valence-corrected chi connectivity index (χ4v) is 2.25. The van der Waals surface area contributed by atoms with Gasteiger partial charge in [-0.2, -0.15) is 5.26 Å². The maximum absolute atomic E-state index is 10.8. The summed E-state index contributed by atoms with van der Waals surface area (Å²) in [6, 6.07) is 1.55. The van der Waals surface area contributed by atoms with Gasteiger partial charge in [-0.3, -0.25) is 9.79 Å². The predicted molar refractivity (Wildman–Crippen MR) is 84.6 cm³/mol. The third-order valence-electron chi connectivity index (χ3n) is 3.52. The number of carbonyl (C=O) groups excluding carboxylic acids is 1. The SMILES string of the molecule is CCCC(C)CCC(C)CC(CC)=N/C=C\C(=O)C#N. The minimum atomic E-state index is -0.550. The van der Waals surface area contributed by atoms with Gasteiger partial charge in [0.2, 0.25) is 0 Å². The van der Waals surface area contributed by atoms with Crippen molar-refractivity contribution < 1.29 is 4.79 Å². The first-order valence-corrected chi connectivity index (χ1v) is 7.69. The third kappa shape index (κ3) is 9.49. The van der Waals surface area contributed by atoms with Crippen molar-refractivity contribution in [2.45, 2.75) is 66.2 Å². The minimum Gasteiger partial charge on any atom is -0.278 e. The molecule has 0 aliphatic heterocycles. The van der Waals surface area contributed by atoms with Gasteiger partial charge in [-0.1, -0.05) is 53.4 Å². The van der Waals surface area contributed by atoms with Gasteiger partial charge in [0.1, 0.15) is 6.07 Å². The third-order valence-corrected chi connectivity index (χ3v) is 3.52. The molecule has 3 nitrogen and oxygen atoms in total. The number of ketones is 1. The second kappa shape index (κ2) is 11.4. The van der Waals surface area contributed by atoms with Gasteiger partial charge in [0.05, 0.1) is 0 Å². The molecule has 0 heterocycles. The molecule has 2 unspecified atom stereocenters. The Balaban J connectivity index is 4.22. The van der Waals surface area contributed by atoms with Crippen LogP contribution in [0.5, 0.6) is 0 Å². The highest BCUT2D eigenvalue weighted by Gasteiger charge is 2.08. The van der Waals surface area contributed by atoms with Crippen LogP contribution >= 0.6 is 0 Å². The number of nitrogens with zero attached hydrogens (tertiary/aromatic N) is 2. The highest BCUT2D eigenvalue weighted by molar-refractivity contribution is 6.02. The quantitative estimate of drug-likeness (QED) is 0.330. The fourth-order valence-electron chi connectivity index (χ4n) is 2.25. The molecule has 0 spiro atoms. The highest BCUT2D eigenvalue weighted by Crippen LogP contribution is 2.19. The molecule has 20 heavy (non-hydrogen) atoms. The van der Waals surface area contributed by atoms with E-state index in [-0.39, 0.29) is 0 Å². The zero-order valence-electron chi connectivity index (χ0n) is 13.4. The number of allylic oxidation sites excluding steroid dienone is 1. The van der Waals surface area contributed by atoms with E-state index in [2.05, 4.69) is 32.7 Å². The van der Waals surface area contributed by atoms with Gasteiger partial charge >= 0.3 is 0 Å². The molecule has 0 aromatic heterocycles. The van der Waals surface area contributed by atoms with Crippen molar-refractivity contribution in [2.75, 3.05) is 0 Å². The lowest BCUT2D eigenvalue weighted by molar-refractivity contribution is -0.109. The van der Waals surface area contributed by atoms with E-state index in [1.54, 1.807) is 6.07 Å². The van der Waals surface area contributed by atoms with Crippen LogP contribution in [-0.4, -0.2) is 11.5 Å². The number of nitriles is 1. The van der Waals surface area contributed by atoms with Gasteiger partial charge in [0, 0.05) is 18.0 Å². The molecule has 0 saturated carbocycles. The van der Waals surface area contributed by atoms with Gasteiger partial charge in [0.15, 0.2) is 0 Å². The summed E-state index contributed by atoms with van der Waals surface area (Å²) in [5.41, 5.74) is 1.10. The van der Waals surface area contributed by atoms with E-state index in [0.717, 1.165) is 24.5 Å².